The van der Waals surface area contributed by atoms with Gasteiger partial charge in [-0.1, -0.05) is 231 Å². The van der Waals surface area contributed by atoms with Crippen molar-refractivity contribution < 1.29 is 9.47 Å². The molecule has 2 aliphatic heterocycles. The molecule has 0 radical (unpaired) electrons. The summed E-state index contributed by atoms with van der Waals surface area (Å²) in [7, 11) is 0. The molecule has 2 aromatic heterocycles. The third-order valence-electron chi connectivity index (χ3n) is 19.8. The van der Waals surface area contributed by atoms with Crippen molar-refractivity contribution in [1.29, 1.82) is 5.26 Å². The minimum absolute atomic E-state index is 0.514. The van der Waals surface area contributed by atoms with Gasteiger partial charge in [0.2, 0.25) is 0 Å². The normalized spacial score (nSPS) is 15.4. The maximum atomic E-state index is 9.75. The molecule has 1 unspecified atom stereocenters. The van der Waals surface area contributed by atoms with Gasteiger partial charge in [-0.25, -0.2) is 24.9 Å². The van der Waals surface area contributed by atoms with E-state index in [9.17, 15) is 5.26 Å². The van der Waals surface area contributed by atoms with Crippen LogP contribution in [0.5, 0.6) is 23.0 Å². The number of fused-ring (bicyclic) bond motifs is 18. The number of ether oxygens (including phenoxy) is 2. The Morgan fingerprint density at radius 3 is 1.47 bits per heavy atom. The fraction of sp³-hybridized carbons (Fsp3) is 0.0465. The quantitative estimate of drug-likeness (QED) is 0.155. The fourth-order valence-electron chi connectivity index (χ4n) is 15.7. The van der Waals surface area contributed by atoms with Gasteiger partial charge in [-0.2, -0.15) is 5.26 Å². The van der Waals surface area contributed by atoms with E-state index in [1.54, 1.807) is 0 Å². The van der Waals surface area contributed by atoms with Gasteiger partial charge in [-0.05, 0) is 140 Å². The molecule has 2 spiro atoms. The van der Waals surface area contributed by atoms with Crippen LogP contribution >= 0.6 is 0 Å². The molecule has 0 bridgehead atoms. The number of nitriles is 1. The van der Waals surface area contributed by atoms with Crippen LogP contribution in [0.2, 0.25) is 0 Å². The Balaban J connectivity index is 0.740. The molecule has 8 heteroatoms. The first-order chi connectivity index (χ1) is 46.5. The molecular weight excluding hydrogens is 1150 g/mol. The maximum absolute atomic E-state index is 9.75. The molecule has 19 rings (SSSR count). The summed E-state index contributed by atoms with van der Waals surface area (Å²) in [5, 5.41) is 9.75. The van der Waals surface area contributed by atoms with Crippen molar-refractivity contribution in [3.63, 3.8) is 0 Å². The predicted octanol–water partition coefficient (Wildman–Crippen LogP) is 20.4. The smallest absolute Gasteiger partial charge is 0.164 e. The maximum Gasteiger partial charge on any atom is 0.164 e. The molecule has 8 nitrogen and oxygen atoms in total. The molecule has 94 heavy (non-hydrogen) atoms. The van der Waals surface area contributed by atoms with Crippen LogP contribution < -0.4 is 9.47 Å². The van der Waals surface area contributed by atoms with Crippen LogP contribution in [0.4, 0.5) is 0 Å². The zero-order valence-electron chi connectivity index (χ0n) is 50.6. The van der Waals surface area contributed by atoms with Crippen LogP contribution in [0.3, 0.4) is 0 Å². The second kappa shape index (κ2) is 20.8. The molecule has 0 saturated carbocycles. The Kier molecular flexibility index (Phi) is 11.8. The number of hydrogen-bond donors (Lipinski definition) is 0. The average molecular weight is 1200 g/mol. The van der Waals surface area contributed by atoms with E-state index < -0.39 is 10.8 Å². The monoisotopic (exact) mass is 1200 g/mol. The summed E-state index contributed by atoms with van der Waals surface area (Å²) in [6.45, 7) is 0. The number of para-hydroxylation sites is 4. The molecule has 4 heterocycles. The Bertz CT molecular complexity index is 5620. The predicted molar refractivity (Wildman–Crippen MR) is 371 cm³/mol. The van der Waals surface area contributed by atoms with Crippen molar-refractivity contribution in [3.05, 3.63) is 347 Å². The summed E-state index contributed by atoms with van der Waals surface area (Å²) >= 11 is 0. The second-order valence-electron chi connectivity index (χ2n) is 24.7. The Morgan fingerprint density at radius 1 is 0.319 bits per heavy atom. The van der Waals surface area contributed by atoms with E-state index in [1.165, 1.54) is 44.5 Å². The van der Waals surface area contributed by atoms with Crippen molar-refractivity contribution in [2.75, 3.05) is 0 Å². The zero-order chi connectivity index (χ0) is 62.1. The van der Waals surface area contributed by atoms with Crippen LogP contribution in [0.1, 0.15) is 62.9 Å². The van der Waals surface area contributed by atoms with Crippen molar-refractivity contribution in [2.45, 2.75) is 23.7 Å². The largest absolute Gasteiger partial charge is 0.457 e. The lowest BCUT2D eigenvalue weighted by molar-refractivity contribution is 0.432. The summed E-state index contributed by atoms with van der Waals surface area (Å²) in [4.78, 5) is 26.6. The molecule has 14 aromatic rings. The number of nitrogens with zero attached hydrogens (tertiary/aromatic N) is 6. The van der Waals surface area contributed by atoms with E-state index in [2.05, 4.69) is 224 Å². The Labute approximate surface area is 542 Å². The number of rotatable bonds is 7. The molecule has 1 atom stereocenters. The molecule has 5 aliphatic rings. The van der Waals surface area contributed by atoms with Crippen LogP contribution in [0.25, 0.3) is 107 Å². The topological polar surface area (TPSA) is 107 Å². The highest BCUT2D eigenvalue weighted by Gasteiger charge is 2.53. The van der Waals surface area contributed by atoms with E-state index in [0.717, 1.165) is 131 Å². The number of aromatic nitrogens is 5. The van der Waals surface area contributed by atoms with Gasteiger partial charge in [0.15, 0.2) is 17.5 Å². The van der Waals surface area contributed by atoms with E-state index in [4.69, 9.17) is 34.4 Å². The van der Waals surface area contributed by atoms with E-state index in [-0.39, 0.29) is 0 Å². The summed E-state index contributed by atoms with van der Waals surface area (Å²) in [5.41, 5.74) is 25.5. The van der Waals surface area contributed by atoms with Crippen molar-refractivity contribution in [1.82, 2.24) is 24.9 Å². The summed E-state index contributed by atoms with van der Waals surface area (Å²) in [6.07, 6.45) is 6.49. The lowest BCUT2D eigenvalue weighted by atomic mass is 9.64. The van der Waals surface area contributed by atoms with Gasteiger partial charge in [0.1, 0.15) is 23.0 Å². The zero-order valence-corrected chi connectivity index (χ0v) is 50.6. The standard InChI is InChI=1S/C86H52N6O2/c87-51-52-18-16-21-56(46-52)53-36-38-55(39-37-53)82-90-83(92-84(91-82)61-42-45-73-79(50-61)94-76-34-14-10-30-70(76)85(73)66-27-7-4-24-62(66)63-25-5-8-28-67(63)85)60-23-17-22-57(47-60)58-40-43-69-65(48-58)64-26-6-9-29-68(64)86(69)71-31-11-15-35-77(71)93-78-49-59(41-44-72(78)86)81-80(54-19-2-1-3-20-54)88-74-32-12-13-33-75(74)89-81/h1-8,10-28,30-50H,9,29H2. The summed E-state index contributed by atoms with van der Waals surface area (Å²) < 4.78 is 14.1. The third kappa shape index (κ3) is 7.95. The van der Waals surface area contributed by atoms with Crippen molar-refractivity contribution in [3.8, 4) is 119 Å². The van der Waals surface area contributed by atoms with Gasteiger partial charge in [0, 0.05) is 50.1 Å². The lowest BCUT2D eigenvalue weighted by Gasteiger charge is -2.41. The van der Waals surface area contributed by atoms with Crippen molar-refractivity contribution >= 4 is 16.6 Å². The van der Waals surface area contributed by atoms with Crippen molar-refractivity contribution in [2.24, 2.45) is 0 Å². The first kappa shape index (κ1) is 53.4. The Morgan fingerprint density at radius 2 is 0.777 bits per heavy atom. The summed E-state index contributed by atoms with van der Waals surface area (Å²) in [6, 6.07) is 99.9. The molecule has 0 saturated heterocycles. The van der Waals surface area contributed by atoms with Gasteiger partial charge in [0.25, 0.3) is 0 Å². The first-order valence-corrected chi connectivity index (χ1v) is 31.9. The summed E-state index contributed by atoms with van der Waals surface area (Å²) in [5.74, 6) is 4.77. The highest BCUT2D eigenvalue weighted by Crippen LogP contribution is 2.65. The number of benzene rings is 12. The lowest BCUT2D eigenvalue weighted by Crippen LogP contribution is -2.33. The van der Waals surface area contributed by atoms with Gasteiger partial charge >= 0.3 is 0 Å². The SMILES string of the molecule is N#Cc1cccc(-c2ccc(-c3nc(-c4cccc(-c5ccc6c(c5)C5=C(CCC=C5)C65c6ccccc6Oc6cc(-c7nc8ccccc8nc7-c7ccccc7)ccc65)c4)nc(-c4ccc5c(c4)Oc4ccccc4C54c5ccccc5-c5ccccc54)n3)cc2)c1. The van der Waals surface area contributed by atoms with Gasteiger partial charge in [-0.3, -0.25) is 0 Å². The number of allylic oxidation sites excluding steroid dienone is 4. The molecule has 438 valence electrons. The van der Waals surface area contributed by atoms with Crippen LogP contribution in [0, 0.1) is 11.3 Å². The third-order valence-corrected chi connectivity index (χ3v) is 19.8. The number of hydrogen-bond acceptors (Lipinski definition) is 8. The molecule has 12 aromatic carbocycles. The first-order valence-electron chi connectivity index (χ1n) is 31.9. The van der Waals surface area contributed by atoms with Gasteiger partial charge in [-0.15, -0.1) is 0 Å². The Hall–Kier alpha value is -12.4. The van der Waals surface area contributed by atoms with Crippen LogP contribution in [0.15, 0.2) is 297 Å². The van der Waals surface area contributed by atoms with Gasteiger partial charge in [0.05, 0.1) is 44.9 Å². The van der Waals surface area contributed by atoms with Gasteiger partial charge < -0.3 is 9.47 Å². The minimum atomic E-state index is -0.621. The minimum Gasteiger partial charge on any atom is -0.457 e. The van der Waals surface area contributed by atoms with Crippen LogP contribution in [-0.4, -0.2) is 24.9 Å². The van der Waals surface area contributed by atoms with Crippen LogP contribution in [-0.2, 0) is 10.8 Å². The van der Waals surface area contributed by atoms with E-state index in [1.807, 2.05) is 72.8 Å². The molecule has 0 fully saturated rings. The second-order valence-corrected chi connectivity index (χ2v) is 24.7. The highest BCUT2D eigenvalue weighted by molar-refractivity contribution is 5.96. The molecule has 3 aliphatic carbocycles. The molecule has 0 amide bonds. The molecule has 0 N–H and O–H groups in total. The highest BCUT2D eigenvalue weighted by atomic mass is 16.5. The average Bonchev–Trinajstić information content (AvgIpc) is 1.49. The van der Waals surface area contributed by atoms with E-state index in [0.29, 0.717) is 23.0 Å². The molecular formula is C86H52N6O2. The fourth-order valence-corrected chi connectivity index (χ4v) is 15.7. The van der Waals surface area contributed by atoms with E-state index >= 15 is 0 Å².